The van der Waals surface area contributed by atoms with Crippen LogP contribution in [0.5, 0.6) is 0 Å². The van der Waals surface area contributed by atoms with Gasteiger partial charge in [0.05, 0.1) is 0 Å². The van der Waals surface area contributed by atoms with Crippen LogP contribution in [0.4, 0.5) is 5.82 Å². The highest BCUT2D eigenvalue weighted by atomic mass is 127. The summed E-state index contributed by atoms with van der Waals surface area (Å²) < 4.78 is 0. The van der Waals surface area contributed by atoms with Crippen LogP contribution in [0, 0.1) is 0 Å². The highest BCUT2D eigenvalue weighted by Crippen LogP contribution is 2.13. The largest absolute Gasteiger partial charge is 0.362 e. The Morgan fingerprint density at radius 2 is 2.00 bits per heavy atom. The van der Waals surface area contributed by atoms with Gasteiger partial charge in [-0.1, -0.05) is 32.3 Å². The second-order valence-corrected chi connectivity index (χ2v) is 5.29. The summed E-state index contributed by atoms with van der Waals surface area (Å²) in [5.74, 6) is 1.84. The minimum atomic E-state index is 0. The average molecular weight is 419 g/mol. The Hall–Kier alpha value is -1.05. The number of pyridine rings is 1. The number of aliphatic imine (C=N–C) groups is 1. The first-order chi connectivity index (χ1) is 10.2. The van der Waals surface area contributed by atoms with E-state index >= 15 is 0 Å². The van der Waals surface area contributed by atoms with E-state index in [2.05, 4.69) is 33.6 Å². The molecule has 0 aliphatic rings. The van der Waals surface area contributed by atoms with Crippen molar-refractivity contribution in [3.05, 3.63) is 23.9 Å². The molecule has 0 fully saturated rings. The molecule has 0 saturated heterocycles. The molecule has 5 nitrogen and oxygen atoms in total. The molecule has 0 aliphatic heterocycles. The van der Waals surface area contributed by atoms with Crippen molar-refractivity contribution in [2.75, 3.05) is 32.6 Å². The minimum Gasteiger partial charge on any atom is -0.362 e. The molecule has 0 unspecified atom stereocenters. The third kappa shape index (κ3) is 7.82. The lowest BCUT2D eigenvalue weighted by Gasteiger charge is -2.17. The molecule has 6 heteroatoms. The first-order valence-electron chi connectivity index (χ1n) is 7.74. The number of aromatic nitrogens is 1. The Labute approximate surface area is 152 Å². The molecule has 2 N–H and O–H groups in total. The van der Waals surface area contributed by atoms with Gasteiger partial charge in [0.15, 0.2) is 5.96 Å². The van der Waals surface area contributed by atoms with Crippen LogP contribution in [0.2, 0.25) is 0 Å². The van der Waals surface area contributed by atoms with Crippen molar-refractivity contribution in [1.29, 1.82) is 0 Å². The van der Waals surface area contributed by atoms with Crippen molar-refractivity contribution in [2.24, 2.45) is 4.99 Å². The van der Waals surface area contributed by atoms with Gasteiger partial charge < -0.3 is 15.5 Å². The zero-order chi connectivity index (χ0) is 15.5. The molecule has 0 aromatic carbocycles. The van der Waals surface area contributed by atoms with Crippen LogP contribution >= 0.6 is 24.0 Å². The zero-order valence-corrected chi connectivity index (χ0v) is 16.6. The molecule has 0 aliphatic carbocycles. The lowest BCUT2D eigenvalue weighted by atomic mass is 10.2. The first kappa shape index (κ1) is 20.9. The Morgan fingerprint density at radius 3 is 2.64 bits per heavy atom. The average Bonchev–Trinajstić information content (AvgIpc) is 2.50. The van der Waals surface area contributed by atoms with Crippen molar-refractivity contribution < 1.29 is 0 Å². The van der Waals surface area contributed by atoms with Gasteiger partial charge in [-0.2, -0.15) is 0 Å². The van der Waals surface area contributed by atoms with E-state index < -0.39 is 0 Å². The summed E-state index contributed by atoms with van der Waals surface area (Å²) in [7, 11) is 5.82. The number of hydrogen-bond acceptors (Lipinski definition) is 3. The van der Waals surface area contributed by atoms with E-state index in [9.17, 15) is 0 Å². The fourth-order valence-electron chi connectivity index (χ4n) is 2.13. The van der Waals surface area contributed by atoms with Crippen molar-refractivity contribution in [1.82, 2.24) is 15.6 Å². The van der Waals surface area contributed by atoms with Gasteiger partial charge in [-0.3, -0.25) is 4.99 Å². The maximum Gasteiger partial charge on any atom is 0.191 e. The molecule has 22 heavy (non-hydrogen) atoms. The minimum absolute atomic E-state index is 0. The van der Waals surface area contributed by atoms with E-state index in [4.69, 9.17) is 0 Å². The molecular formula is C16H30IN5. The normalized spacial score (nSPS) is 10.8. The molecule has 0 amide bonds. The summed E-state index contributed by atoms with van der Waals surface area (Å²) in [5, 5.41) is 6.70. The van der Waals surface area contributed by atoms with Crippen LogP contribution in [0.1, 0.15) is 38.2 Å². The standard InChI is InChI=1S/C16H29N5.HI/c1-5-6-7-8-11-19-16(17-2)20-13-14-10-9-12-18-15(14)21(3)4;/h9-10,12H,5-8,11,13H2,1-4H3,(H2,17,19,20);1H. The number of unbranched alkanes of at least 4 members (excludes halogenated alkanes) is 3. The van der Waals surface area contributed by atoms with Gasteiger partial charge in [-0.15, -0.1) is 24.0 Å². The topological polar surface area (TPSA) is 52.6 Å². The highest BCUT2D eigenvalue weighted by molar-refractivity contribution is 14.0. The van der Waals surface area contributed by atoms with Gasteiger partial charge in [-0.25, -0.2) is 4.98 Å². The molecule has 0 bridgehead atoms. The van der Waals surface area contributed by atoms with E-state index in [-0.39, 0.29) is 24.0 Å². The SMILES string of the molecule is CCCCCCNC(=NC)NCc1cccnc1N(C)C.I. The number of nitrogens with one attached hydrogen (secondary N) is 2. The summed E-state index contributed by atoms with van der Waals surface area (Å²) in [6.45, 7) is 3.91. The number of hydrogen-bond donors (Lipinski definition) is 2. The van der Waals surface area contributed by atoms with Crippen molar-refractivity contribution >= 4 is 35.8 Å². The van der Waals surface area contributed by atoms with Gasteiger partial charge in [0, 0.05) is 46.0 Å². The van der Waals surface area contributed by atoms with E-state index in [0.29, 0.717) is 0 Å². The predicted molar refractivity (Wildman–Crippen MR) is 106 cm³/mol. The monoisotopic (exact) mass is 419 g/mol. The number of anilines is 1. The molecule has 0 atom stereocenters. The Kier molecular flexibility index (Phi) is 11.9. The van der Waals surface area contributed by atoms with Crippen LogP contribution in [-0.2, 0) is 6.54 Å². The fraction of sp³-hybridized carbons (Fsp3) is 0.625. The van der Waals surface area contributed by atoms with Gasteiger partial charge in [0.1, 0.15) is 5.82 Å². The second-order valence-electron chi connectivity index (χ2n) is 5.29. The molecule has 0 spiro atoms. The number of rotatable bonds is 8. The van der Waals surface area contributed by atoms with E-state index in [1.807, 2.05) is 31.3 Å². The zero-order valence-electron chi connectivity index (χ0n) is 14.2. The summed E-state index contributed by atoms with van der Waals surface area (Å²) in [6.07, 6.45) is 6.84. The van der Waals surface area contributed by atoms with E-state index in [1.165, 1.54) is 25.7 Å². The molecule has 126 valence electrons. The van der Waals surface area contributed by atoms with Gasteiger partial charge in [-0.05, 0) is 12.5 Å². The Balaban J connectivity index is 0.00000441. The number of halogens is 1. The lowest BCUT2D eigenvalue weighted by molar-refractivity contribution is 0.647. The van der Waals surface area contributed by atoms with Crippen molar-refractivity contribution in [3.63, 3.8) is 0 Å². The van der Waals surface area contributed by atoms with Crippen LogP contribution < -0.4 is 15.5 Å². The first-order valence-corrected chi connectivity index (χ1v) is 7.74. The molecule has 1 aromatic heterocycles. The van der Waals surface area contributed by atoms with Crippen molar-refractivity contribution in [3.8, 4) is 0 Å². The van der Waals surface area contributed by atoms with Gasteiger partial charge in [0.2, 0.25) is 0 Å². The van der Waals surface area contributed by atoms with Crippen LogP contribution in [-0.4, -0.2) is 38.6 Å². The third-order valence-corrected chi connectivity index (χ3v) is 3.28. The smallest absolute Gasteiger partial charge is 0.191 e. The Morgan fingerprint density at radius 1 is 1.23 bits per heavy atom. The van der Waals surface area contributed by atoms with Crippen LogP contribution in [0.25, 0.3) is 0 Å². The third-order valence-electron chi connectivity index (χ3n) is 3.28. The molecule has 0 saturated carbocycles. The van der Waals surface area contributed by atoms with E-state index in [1.54, 1.807) is 7.05 Å². The van der Waals surface area contributed by atoms with Crippen LogP contribution in [0.15, 0.2) is 23.3 Å². The van der Waals surface area contributed by atoms with E-state index in [0.717, 1.165) is 30.4 Å². The summed E-state index contributed by atoms with van der Waals surface area (Å²) in [5.41, 5.74) is 1.16. The van der Waals surface area contributed by atoms with Gasteiger partial charge >= 0.3 is 0 Å². The quantitative estimate of drug-likeness (QED) is 0.295. The van der Waals surface area contributed by atoms with Gasteiger partial charge in [0.25, 0.3) is 0 Å². The van der Waals surface area contributed by atoms with Crippen LogP contribution in [0.3, 0.4) is 0 Å². The molecule has 1 heterocycles. The number of nitrogens with zero attached hydrogens (tertiary/aromatic N) is 3. The summed E-state index contributed by atoms with van der Waals surface area (Å²) in [6, 6.07) is 4.05. The summed E-state index contributed by atoms with van der Waals surface area (Å²) in [4.78, 5) is 10.7. The lowest BCUT2D eigenvalue weighted by Crippen LogP contribution is -2.37. The molecule has 1 aromatic rings. The fourth-order valence-corrected chi connectivity index (χ4v) is 2.13. The molecule has 1 rings (SSSR count). The maximum absolute atomic E-state index is 4.40. The molecule has 0 radical (unpaired) electrons. The highest BCUT2D eigenvalue weighted by Gasteiger charge is 2.05. The Bertz CT molecular complexity index is 434. The number of guanidine groups is 1. The maximum atomic E-state index is 4.40. The second kappa shape index (κ2) is 12.5. The summed E-state index contributed by atoms with van der Waals surface area (Å²) >= 11 is 0. The van der Waals surface area contributed by atoms with Crippen molar-refractivity contribution in [2.45, 2.75) is 39.2 Å². The molecular weight excluding hydrogens is 389 g/mol. The predicted octanol–water partition coefficient (Wildman–Crippen LogP) is 3.01.